The molecule has 1 fully saturated rings. The summed E-state index contributed by atoms with van der Waals surface area (Å²) in [5, 5.41) is 6.09. The van der Waals surface area contributed by atoms with Crippen molar-refractivity contribution in [2.45, 2.75) is 32.7 Å². The Morgan fingerprint density at radius 3 is 3.06 bits per heavy atom. The molecule has 1 aliphatic heterocycles. The van der Waals surface area contributed by atoms with Crippen molar-refractivity contribution in [3.8, 4) is 0 Å². The molecule has 0 bridgehead atoms. The van der Waals surface area contributed by atoms with E-state index in [9.17, 15) is 4.79 Å². The molecule has 0 aliphatic carbocycles. The summed E-state index contributed by atoms with van der Waals surface area (Å²) in [6, 6.07) is 0. The fourth-order valence-corrected chi connectivity index (χ4v) is 2.55. The lowest BCUT2D eigenvalue weighted by Gasteiger charge is -2.25. The Hall–Kier alpha value is -1.36. The van der Waals surface area contributed by atoms with Crippen LogP contribution >= 0.6 is 0 Å². The van der Waals surface area contributed by atoms with Gasteiger partial charge in [0.1, 0.15) is 0 Å². The number of hydrogen-bond acceptors (Lipinski definition) is 3. The molecule has 5 heteroatoms. The standard InChI is InChI=1S/C13H22N4O/c1-13(2,12(18)14-3)8-17-9-16-7-11(17)10-4-5-15-6-10/h7,9-10,15H,4-6,8H2,1-3H3,(H,14,18). The highest BCUT2D eigenvalue weighted by atomic mass is 16.2. The first-order chi connectivity index (χ1) is 8.54. The maximum atomic E-state index is 11.8. The number of imidazole rings is 1. The van der Waals surface area contributed by atoms with Gasteiger partial charge in [-0.1, -0.05) is 0 Å². The molecular formula is C13H22N4O. The van der Waals surface area contributed by atoms with Crippen LogP contribution in [0.15, 0.2) is 12.5 Å². The quantitative estimate of drug-likeness (QED) is 0.828. The molecule has 18 heavy (non-hydrogen) atoms. The average molecular weight is 250 g/mol. The Bertz CT molecular complexity index is 418. The van der Waals surface area contributed by atoms with Crippen LogP contribution in [0.5, 0.6) is 0 Å². The molecule has 100 valence electrons. The molecule has 5 nitrogen and oxygen atoms in total. The molecule has 0 radical (unpaired) electrons. The molecule has 1 amide bonds. The van der Waals surface area contributed by atoms with E-state index in [1.54, 1.807) is 7.05 Å². The summed E-state index contributed by atoms with van der Waals surface area (Å²) in [5.74, 6) is 0.583. The van der Waals surface area contributed by atoms with Gasteiger partial charge in [-0.3, -0.25) is 4.79 Å². The van der Waals surface area contributed by atoms with Crippen LogP contribution in [-0.2, 0) is 11.3 Å². The van der Waals surface area contributed by atoms with E-state index in [0.717, 1.165) is 19.5 Å². The highest BCUT2D eigenvalue weighted by Crippen LogP contribution is 2.25. The van der Waals surface area contributed by atoms with Crippen molar-refractivity contribution in [1.29, 1.82) is 0 Å². The predicted octanol–water partition coefficient (Wildman–Crippen LogP) is 0.732. The molecule has 0 saturated carbocycles. The highest BCUT2D eigenvalue weighted by Gasteiger charge is 2.29. The SMILES string of the molecule is CNC(=O)C(C)(C)Cn1cncc1C1CCNC1. The molecule has 1 unspecified atom stereocenters. The number of aromatic nitrogens is 2. The molecule has 0 spiro atoms. The number of carbonyl (C=O) groups is 1. The molecular weight excluding hydrogens is 228 g/mol. The minimum absolute atomic E-state index is 0.0618. The summed E-state index contributed by atoms with van der Waals surface area (Å²) < 4.78 is 2.12. The average Bonchev–Trinajstić information content (AvgIpc) is 2.97. The molecule has 2 heterocycles. The largest absolute Gasteiger partial charge is 0.359 e. The van der Waals surface area contributed by atoms with E-state index in [1.165, 1.54) is 5.69 Å². The van der Waals surface area contributed by atoms with Crippen LogP contribution in [0.25, 0.3) is 0 Å². The number of hydrogen-bond donors (Lipinski definition) is 2. The van der Waals surface area contributed by atoms with E-state index in [0.29, 0.717) is 12.5 Å². The molecule has 1 saturated heterocycles. The van der Waals surface area contributed by atoms with Crippen molar-refractivity contribution in [1.82, 2.24) is 20.2 Å². The molecule has 1 aromatic heterocycles. The third-order valence-corrected chi connectivity index (χ3v) is 3.63. The van der Waals surface area contributed by atoms with E-state index in [4.69, 9.17) is 0 Å². The topological polar surface area (TPSA) is 59.0 Å². The van der Waals surface area contributed by atoms with E-state index < -0.39 is 5.41 Å². The Morgan fingerprint density at radius 1 is 1.67 bits per heavy atom. The Labute approximate surface area is 108 Å². The van der Waals surface area contributed by atoms with E-state index in [1.807, 2.05) is 26.4 Å². The smallest absolute Gasteiger partial charge is 0.227 e. The second-order valence-corrected chi connectivity index (χ2v) is 5.60. The maximum Gasteiger partial charge on any atom is 0.227 e. The molecule has 2 rings (SSSR count). The predicted molar refractivity (Wildman–Crippen MR) is 70.3 cm³/mol. The van der Waals surface area contributed by atoms with Gasteiger partial charge >= 0.3 is 0 Å². The second-order valence-electron chi connectivity index (χ2n) is 5.60. The molecule has 1 aromatic rings. The van der Waals surface area contributed by atoms with Crippen LogP contribution in [0.1, 0.15) is 31.9 Å². The third-order valence-electron chi connectivity index (χ3n) is 3.63. The Kier molecular flexibility index (Phi) is 3.71. The summed E-state index contributed by atoms with van der Waals surface area (Å²) in [6.07, 6.45) is 4.90. The van der Waals surface area contributed by atoms with Gasteiger partial charge in [0, 0.05) is 37.9 Å². The van der Waals surface area contributed by atoms with Crippen LogP contribution in [0, 0.1) is 5.41 Å². The zero-order chi connectivity index (χ0) is 13.2. The van der Waals surface area contributed by atoms with Gasteiger partial charge in [-0.15, -0.1) is 0 Å². The number of amides is 1. The summed E-state index contributed by atoms with van der Waals surface area (Å²) in [5.41, 5.74) is 0.813. The van der Waals surface area contributed by atoms with Crippen LogP contribution in [0.3, 0.4) is 0 Å². The van der Waals surface area contributed by atoms with Gasteiger partial charge in [0.05, 0.1) is 11.7 Å². The van der Waals surface area contributed by atoms with Gasteiger partial charge in [-0.05, 0) is 26.8 Å². The van der Waals surface area contributed by atoms with Gasteiger partial charge in [0.2, 0.25) is 5.91 Å². The Morgan fingerprint density at radius 2 is 2.44 bits per heavy atom. The van der Waals surface area contributed by atoms with Gasteiger partial charge < -0.3 is 15.2 Å². The Balaban J connectivity index is 2.14. The molecule has 1 aliphatic rings. The maximum absolute atomic E-state index is 11.8. The second kappa shape index (κ2) is 5.10. The van der Waals surface area contributed by atoms with Crippen molar-refractivity contribution in [2.75, 3.05) is 20.1 Å². The van der Waals surface area contributed by atoms with E-state index in [-0.39, 0.29) is 5.91 Å². The first-order valence-electron chi connectivity index (χ1n) is 6.47. The van der Waals surface area contributed by atoms with E-state index >= 15 is 0 Å². The van der Waals surface area contributed by atoms with Crippen LogP contribution < -0.4 is 10.6 Å². The fraction of sp³-hybridized carbons (Fsp3) is 0.692. The zero-order valence-electron chi connectivity index (χ0n) is 11.4. The molecule has 1 atom stereocenters. The summed E-state index contributed by atoms with van der Waals surface area (Å²) in [4.78, 5) is 16.1. The van der Waals surface area contributed by atoms with Crippen LogP contribution in [0.2, 0.25) is 0 Å². The molecule has 0 aromatic carbocycles. The summed E-state index contributed by atoms with van der Waals surface area (Å²) >= 11 is 0. The first kappa shape index (κ1) is 13.1. The van der Waals surface area contributed by atoms with Crippen molar-refractivity contribution < 1.29 is 4.79 Å². The van der Waals surface area contributed by atoms with Crippen LogP contribution in [-0.4, -0.2) is 35.6 Å². The van der Waals surface area contributed by atoms with Gasteiger partial charge in [-0.2, -0.15) is 0 Å². The normalized spacial score (nSPS) is 20.1. The third kappa shape index (κ3) is 2.56. The lowest BCUT2D eigenvalue weighted by molar-refractivity contribution is -0.129. The van der Waals surface area contributed by atoms with Crippen molar-refractivity contribution in [3.05, 3.63) is 18.2 Å². The number of nitrogens with one attached hydrogen (secondary N) is 2. The number of rotatable bonds is 4. The van der Waals surface area contributed by atoms with Gasteiger partial charge in [0.25, 0.3) is 0 Å². The minimum Gasteiger partial charge on any atom is -0.359 e. The van der Waals surface area contributed by atoms with Gasteiger partial charge in [-0.25, -0.2) is 4.98 Å². The number of carbonyl (C=O) groups excluding carboxylic acids is 1. The van der Waals surface area contributed by atoms with Crippen LogP contribution in [0.4, 0.5) is 0 Å². The molecule has 2 N–H and O–H groups in total. The summed E-state index contributed by atoms with van der Waals surface area (Å²) in [7, 11) is 1.68. The lowest BCUT2D eigenvalue weighted by Crippen LogP contribution is -2.38. The van der Waals surface area contributed by atoms with Gasteiger partial charge in [0.15, 0.2) is 0 Å². The van der Waals surface area contributed by atoms with Crippen molar-refractivity contribution in [3.63, 3.8) is 0 Å². The number of nitrogens with zero attached hydrogens (tertiary/aromatic N) is 2. The van der Waals surface area contributed by atoms with E-state index in [2.05, 4.69) is 20.2 Å². The summed E-state index contributed by atoms with van der Waals surface area (Å²) in [6.45, 7) is 6.66. The zero-order valence-corrected chi connectivity index (χ0v) is 11.4. The highest BCUT2D eigenvalue weighted by molar-refractivity contribution is 5.81. The van der Waals surface area contributed by atoms with Crippen molar-refractivity contribution in [2.24, 2.45) is 5.41 Å². The first-order valence-corrected chi connectivity index (χ1v) is 6.47. The minimum atomic E-state index is -0.420. The monoisotopic (exact) mass is 250 g/mol. The van der Waals surface area contributed by atoms with Crippen molar-refractivity contribution >= 4 is 5.91 Å². The lowest BCUT2D eigenvalue weighted by atomic mass is 9.91. The fourth-order valence-electron chi connectivity index (χ4n) is 2.55.